The number of carbonyl (C=O) groups is 1. The molecular weight excluding hydrogens is 148 g/mol. The number of hydrogen-bond acceptors (Lipinski definition) is 1. The monoisotopic (exact) mass is 164 g/mol. The van der Waals surface area contributed by atoms with E-state index in [4.69, 9.17) is 0 Å². The molecule has 1 heteroatoms. The van der Waals surface area contributed by atoms with Crippen molar-refractivity contribution in [1.82, 2.24) is 0 Å². The highest BCUT2D eigenvalue weighted by Crippen LogP contribution is 2.45. The van der Waals surface area contributed by atoms with Gasteiger partial charge in [-0.2, -0.15) is 0 Å². The Morgan fingerprint density at radius 2 is 1.92 bits per heavy atom. The molecule has 2 aliphatic carbocycles. The van der Waals surface area contributed by atoms with E-state index in [-0.39, 0.29) is 5.41 Å². The summed E-state index contributed by atoms with van der Waals surface area (Å²) in [6.45, 7) is 4.43. The molecule has 1 nitrogen and oxygen atoms in total. The first-order chi connectivity index (χ1) is 5.61. The number of ketones is 1. The van der Waals surface area contributed by atoms with Gasteiger partial charge in [0.05, 0.1) is 0 Å². The highest BCUT2D eigenvalue weighted by Gasteiger charge is 2.36. The van der Waals surface area contributed by atoms with Gasteiger partial charge in [0.25, 0.3) is 0 Å². The zero-order valence-corrected chi connectivity index (χ0v) is 7.94. The minimum Gasteiger partial charge on any atom is -0.295 e. The van der Waals surface area contributed by atoms with Crippen molar-refractivity contribution < 1.29 is 4.79 Å². The second-order valence-corrected chi connectivity index (χ2v) is 4.64. The van der Waals surface area contributed by atoms with E-state index in [2.05, 4.69) is 13.8 Å². The third-order valence-corrected chi connectivity index (χ3v) is 3.24. The van der Waals surface area contributed by atoms with Gasteiger partial charge < -0.3 is 0 Å². The molecule has 12 heavy (non-hydrogen) atoms. The van der Waals surface area contributed by atoms with E-state index in [1.54, 1.807) is 0 Å². The Balaban J connectivity index is 2.43. The molecule has 0 aromatic rings. The third kappa shape index (κ3) is 1.03. The Hall–Kier alpha value is -0.590. The van der Waals surface area contributed by atoms with Crippen LogP contribution in [0.2, 0.25) is 0 Å². The molecule has 0 radical (unpaired) electrons. The van der Waals surface area contributed by atoms with Crippen LogP contribution in [-0.2, 0) is 4.79 Å². The van der Waals surface area contributed by atoms with Crippen molar-refractivity contribution in [3.8, 4) is 0 Å². The van der Waals surface area contributed by atoms with Crippen LogP contribution in [0.1, 0.15) is 46.0 Å². The lowest BCUT2D eigenvalue weighted by atomic mass is 9.73. The van der Waals surface area contributed by atoms with E-state index in [0.29, 0.717) is 5.78 Å². The van der Waals surface area contributed by atoms with Gasteiger partial charge in [-0.3, -0.25) is 4.79 Å². The molecule has 0 aromatic carbocycles. The van der Waals surface area contributed by atoms with E-state index in [1.807, 2.05) is 0 Å². The summed E-state index contributed by atoms with van der Waals surface area (Å²) < 4.78 is 0. The molecule has 0 saturated carbocycles. The van der Waals surface area contributed by atoms with Crippen molar-refractivity contribution in [2.24, 2.45) is 5.41 Å². The summed E-state index contributed by atoms with van der Waals surface area (Å²) >= 11 is 0. The minimum atomic E-state index is 0.182. The maximum atomic E-state index is 11.6. The minimum absolute atomic E-state index is 0.182. The van der Waals surface area contributed by atoms with Crippen molar-refractivity contribution in [3.05, 3.63) is 11.1 Å². The van der Waals surface area contributed by atoms with E-state index < -0.39 is 0 Å². The van der Waals surface area contributed by atoms with Gasteiger partial charge in [0.15, 0.2) is 5.78 Å². The highest BCUT2D eigenvalue weighted by atomic mass is 16.1. The smallest absolute Gasteiger partial charge is 0.159 e. The lowest BCUT2D eigenvalue weighted by Gasteiger charge is -2.31. The molecule has 0 heterocycles. The van der Waals surface area contributed by atoms with Crippen molar-refractivity contribution >= 4 is 5.78 Å². The molecule has 0 spiro atoms. The number of carbonyl (C=O) groups excluding carboxylic acids is 1. The number of allylic oxidation sites excluding steroid dienone is 2. The molecule has 0 bridgehead atoms. The van der Waals surface area contributed by atoms with E-state index in [9.17, 15) is 4.79 Å². The van der Waals surface area contributed by atoms with Crippen LogP contribution in [-0.4, -0.2) is 5.78 Å². The van der Waals surface area contributed by atoms with Gasteiger partial charge in [0.2, 0.25) is 0 Å². The Kier molecular flexibility index (Phi) is 1.64. The molecule has 2 aliphatic rings. The largest absolute Gasteiger partial charge is 0.295 e. The first kappa shape index (κ1) is 8.03. The molecule has 0 amide bonds. The van der Waals surface area contributed by atoms with Crippen molar-refractivity contribution in [1.29, 1.82) is 0 Å². The fourth-order valence-electron chi connectivity index (χ4n) is 2.69. The Bertz CT molecular complexity index is 258. The summed E-state index contributed by atoms with van der Waals surface area (Å²) in [5, 5.41) is 0. The average molecular weight is 164 g/mol. The molecule has 0 atom stereocenters. The summed E-state index contributed by atoms with van der Waals surface area (Å²) in [7, 11) is 0. The maximum Gasteiger partial charge on any atom is 0.159 e. The van der Waals surface area contributed by atoms with Gasteiger partial charge in [-0.25, -0.2) is 0 Å². The fraction of sp³-hybridized carbons (Fsp3) is 0.727. The topological polar surface area (TPSA) is 17.1 Å². The molecule has 0 aliphatic heterocycles. The molecule has 66 valence electrons. The SMILES string of the molecule is CC1(C)CCCC2=C1C(=O)CC2. The standard InChI is InChI=1S/C11H16O/c1-11(2)7-3-4-8-5-6-9(12)10(8)11/h3-7H2,1-2H3. The quantitative estimate of drug-likeness (QED) is 0.538. The van der Waals surface area contributed by atoms with Gasteiger partial charge in [0, 0.05) is 6.42 Å². The second kappa shape index (κ2) is 2.45. The second-order valence-electron chi connectivity index (χ2n) is 4.64. The fourth-order valence-corrected chi connectivity index (χ4v) is 2.69. The van der Waals surface area contributed by atoms with Gasteiger partial charge in [0.1, 0.15) is 0 Å². The zero-order valence-electron chi connectivity index (χ0n) is 7.94. The first-order valence-corrected chi connectivity index (χ1v) is 4.87. The summed E-state index contributed by atoms with van der Waals surface area (Å²) in [6, 6.07) is 0. The van der Waals surface area contributed by atoms with Crippen LogP contribution >= 0.6 is 0 Å². The van der Waals surface area contributed by atoms with Gasteiger partial charge in [-0.15, -0.1) is 0 Å². The molecule has 0 unspecified atom stereocenters. The van der Waals surface area contributed by atoms with Crippen molar-refractivity contribution in [2.75, 3.05) is 0 Å². The maximum absolute atomic E-state index is 11.6. The lowest BCUT2D eigenvalue weighted by molar-refractivity contribution is -0.115. The normalized spacial score (nSPS) is 27.7. The Morgan fingerprint density at radius 3 is 2.58 bits per heavy atom. The molecule has 0 aromatic heterocycles. The molecule has 0 fully saturated rings. The predicted octanol–water partition coefficient (Wildman–Crippen LogP) is 2.86. The van der Waals surface area contributed by atoms with E-state index in [0.717, 1.165) is 12.8 Å². The number of rotatable bonds is 0. The van der Waals surface area contributed by atoms with Gasteiger partial charge in [-0.1, -0.05) is 19.4 Å². The van der Waals surface area contributed by atoms with Crippen LogP contribution in [0.5, 0.6) is 0 Å². The van der Waals surface area contributed by atoms with E-state index >= 15 is 0 Å². The van der Waals surface area contributed by atoms with Gasteiger partial charge >= 0.3 is 0 Å². The molecule has 2 rings (SSSR count). The van der Waals surface area contributed by atoms with Crippen LogP contribution < -0.4 is 0 Å². The lowest BCUT2D eigenvalue weighted by Crippen LogP contribution is -2.22. The van der Waals surface area contributed by atoms with Gasteiger partial charge in [-0.05, 0) is 36.7 Å². The third-order valence-electron chi connectivity index (χ3n) is 3.24. The Labute approximate surface area is 73.8 Å². The highest BCUT2D eigenvalue weighted by molar-refractivity contribution is 6.00. The molecular formula is C11H16O. The number of hydrogen-bond donors (Lipinski definition) is 0. The van der Waals surface area contributed by atoms with Crippen LogP contribution in [0.25, 0.3) is 0 Å². The summed E-state index contributed by atoms with van der Waals surface area (Å²) in [4.78, 5) is 11.6. The van der Waals surface area contributed by atoms with Crippen molar-refractivity contribution in [3.63, 3.8) is 0 Å². The predicted molar refractivity (Wildman–Crippen MR) is 48.9 cm³/mol. The molecule has 0 N–H and O–H groups in total. The Morgan fingerprint density at radius 1 is 1.17 bits per heavy atom. The van der Waals surface area contributed by atoms with Crippen LogP contribution in [0.15, 0.2) is 11.1 Å². The van der Waals surface area contributed by atoms with Crippen LogP contribution in [0.4, 0.5) is 0 Å². The van der Waals surface area contributed by atoms with E-state index in [1.165, 1.54) is 30.4 Å². The van der Waals surface area contributed by atoms with Crippen molar-refractivity contribution in [2.45, 2.75) is 46.0 Å². The average Bonchev–Trinajstić information content (AvgIpc) is 2.32. The van der Waals surface area contributed by atoms with Crippen LogP contribution in [0, 0.1) is 5.41 Å². The zero-order chi connectivity index (χ0) is 8.77. The molecule has 0 saturated heterocycles. The first-order valence-electron chi connectivity index (χ1n) is 4.87. The number of Topliss-reactive ketones (excluding diaryl/α,β-unsaturated/α-hetero) is 1. The summed E-state index contributed by atoms with van der Waals surface area (Å²) in [5.41, 5.74) is 2.84. The van der Waals surface area contributed by atoms with Crippen LogP contribution in [0.3, 0.4) is 0 Å². The summed E-state index contributed by atoms with van der Waals surface area (Å²) in [5.74, 6) is 0.426. The summed E-state index contributed by atoms with van der Waals surface area (Å²) in [6.07, 6.45) is 5.49.